The lowest BCUT2D eigenvalue weighted by molar-refractivity contribution is -0.137. The van der Waals surface area contributed by atoms with Gasteiger partial charge in [-0.05, 0) is 24.1 Å². The molecule has 0 spiro atoms. The van der Waals surface area contributed by atoms with Crippen LogP contribution in [0.5, 0.6) is 11.5 Å². The molecule has 0 radical (unpaired) electrons. The number of hydrogen-bond donors (Lipinski definition) is 1. The number of esters is 2. The smallest absolute Gasteiger partial charge is 0.345 e. The fourth-order valence-electron chi connectivity index (χ4n) is 2.06. The Bertz CT molecular complexity index is 897. The van der Waals surface area contributed by atoms with Crippen molar-refractivity contribution in [2.45, 2.75) is 33.9 Å². The largest absolute Gasteiger partial charge is 0.422 e. The lowest BCUT2D eigenvalue weighted by Gasteiger charge is -2.15. The van der Waals surface area contributed by atoms with Crippen LogP contribution in [0.1, 0.15) is 43.6 Å². The zero-order valence-electron chi connectivity index (χ0n) is 16.6. The summed E-state index contributed by atoms with van der Waals surface area (Å²) >= 11 is 6.16. The standard InChI is InChI=1S/C21H23ClN2O5/c1-12(2)19(25)24-11-15-8-16(22)9-17(18(15)29-20(26)13(3)4)28-21(27)14-6-5-7-23-10-14/h5-13,19,25H,1-4H3. The third-order valence-electron chi connectivity index (χ3n) is 3.78. The number of aliphatic hydroxyl groups excluding tert-OH is 1. The normalized spacial score (nSPS) is 12.4. The Hall–Kier alpha value is -2.77. The van der Waals surface area contributed by atoms with E-state index in [1.165, 1.54) is 30.7 Å². The van der Waals surface area contributed by atoms with Gasteiger partial charge in [0.15, 0.2) is 11.5 Å². The number of pyridine rings is 1. The van der Waals surface area contributed by atoms with E-state index in [-0.39, 0.29) is 28.0 Å². The van der Waals surface area contributed by atoms with Crippen LogP contribution in [-0.4, -0.2) is 34.5 Å². The molecular weight excluding hydrogens is 396 g/mol. The number of halogens is 1. The fraction of sp³-hybridized carbons (Fsp3) is 0.333. The molecule has 1 unspecified atom stereocenters. The van der Waals surface area contributed by atoms with Crippen LogP contribution in [0, 0.1) is 11.8 Å². The highest BCUT2D eigenvalue weighted by Crippen LogP contribution is 2.35. The summed E-state index contributed by atoms with van der Waals surface area (Å²) in [6, 6.07) is 6.01. The maximum atomic E-state index is 12.4. The summed E-state index contributed by atoms with van der Waals surface area (Å²) < 4.78 is 10.9. The van der Waals surface area contributed by atoms with E-state index in [0.717, 1.165) is 0 Å². The maximum absolute atomic E-state index is 12.4. The number of hydrogen-bond acceptors (Lipinski definition) is 7. The van der Waals surface area contributed by atoms with Crippen LogP contribution < -0.4 is 9.47 Å². The molecule has 0 amide bonds. The SMILES string of the molecule is CC(C)C(=O)Oc1c(C=NC(O)C(C)C)cc(Cl)cc1OC(=O)c1cccnc1. The molecule has 1 N–H and O–H groups in total. The average molecular weight is 419 g/mol. The van der Waals surface area contributed by atoms with Crippen LogP contribution in [0.2, 0.25) is 5.02 Å². The molecule has 2 aromatic rings. The number of ether oxygens (including phenoxy) is 2. The number of nitrogens with zero attached hydrogens (tertiary/aromatic N) is 2. The van der Waals surface area contributed by atoms with Crippen molar-refractivity contribution in [3.8, 4) is 11.5 Å². The highest BCUT2D eigenvalue weighted by atomic mass is 35.5. The predicted octanol–water partition coefficient (Wildman–Crippen LogP) is 3.91. The van der Waals surface area contributed by atoms with Gasteiger partial charge in [-0.2, -0.15) is 0 Å². The molecule has 29 heavy (non-hydrogen) atoms. The monoisotopic (exact) mass is 418 g/mol. The van der Waals surface area contributed by atoms with Crippen LogP contribution in [-0.2, 0) is 4.79 Å². The summed E-state index contributed by atoms with van der Waals surface area (Å²) in [6.07, 6.45) is 3.26. The third kappa shape index (κ3) is 6.37. The lowest BCUT2D eigenvalue weighted by atomic mass is 10.1. The number of aromatic nitrogens is 1. The van der Waals surface area contributed by atoms with E-state index < -0.39 is 24.1 Å². The number of benzene rings is 1. The van der Waals surface area contributed by atoms with Gasteiger partial charge in [0, 0.05) is 35.3 Å². The van der Waals surface area contributed by atoms with Crippen LogP contribution in [0.15, 0.2) is 41.7 Å². The zero-order chi connectivity index (χ0) is 21.6. The van der Waals surface area contributed by atoms with Crippen molar-refractivity contribution >= 4 is 29.8 Å². The molecule has 0 aliphatic carbocycles. The number of carbonyl (C=O) groups is 2. The van der Waals surface area contributed by atoms with Crippen molar-refractivity contribution in [1.82, 2.24) is 4.98 Å². The van der Waals surface area contributed by atoms with Crippen molar-refractivity contribution in [2.75, 3.05) is 0 Å². The minimum Gasteiger partial charge on any atom is -0.422 e. The highest BCUT2D eigenvalue weighted by Gasteiger charge is 2.21. The van der Waals surface area contributed by atoms with E-state index in [2.05, 4.69) is 9.98 Å². The Balaban J connectivity index is 2.47. The minimum absolute atomic E-state index is 0.00922. The molecule has 0 saturated carbocycles. The van der Waals surface area contributed by atoms with Crippen LogP contribution >= 0.6 is 11.6 Å². The van der Waals surface area contributed by atoms with Crippen molar-refractivity contribution in [3.63, 3.8) is 0 Å². The van der Waals surface area contributed by atoms with Crippen LogP contribution in [0.25, 0.3) is 0 Å². The molecule has 0 aliphatic heterocycles. The van der Waals surface area contributed by atoms with Crippen LogP contribution in [0.3, 0.4) is 0 Å². The van der Waals surface area contributed by atoms with Gasteiger partial charge in [0.25, 0.3) is 0 Å². The summed E-state index contributed by atoms with van der Waals surface area (Å²) in [5.41, 5.74) is 0.513. The average Bonchev–Trinajstić information content (AvgIpc) is 2.68. The molecule has 0 saturated heterocycles. The van der Waals surface area contributed by atoms with E-state index in [4.69, 9.17) is 21.1 Å². The molecule has 154 valence electrons. The molecule has 1 aromatic carbocycles. The maximum Gasteiger partial charge on any atom is 0.345 e. The zero-order valence-corrected chi connectivity index (χ0v) is 17.4. The molecule has 2 rings (SSSR count). The van der Waals surface area contributed by atoms with Gasteiger partial charge in [-0.3, -0.25) is 14.8 Å². The van der Waals surface area contributed by atoms with Crippen molar-refractivity contribution in [2.24, 2.45) is 16.8 Å². The predicted molar refractivity (Wildman–Crippen MR) is 110 cm³/mol. The fourth-order valence-corrected chi connectivity index (χ4v) is 2.28. The minimum atomic E-state index is -0.955. The second-order valence-electron chi connectivity index (χ2n) is 6.97. The molecule has 1 aromatic heterocycles. The lowest BCUT2D eigenvalue weighted by Crippen LogP contribution is -2.18. The number of aliphatic imine (C=N–C) groups is 1. The first kappa shape index (κ1) is 22.5. The summed E-state index contributed by atoms with van der Waals surface area (Å²) in [4.78, 5) is 32.6. The Kier molecular flexibility index (Phi) is 7.87. The molecule has 0 aliphatic rings. The van der Waals surface area contributed by atoms with Crippen molar-refractivity contribution in [1.29, 1.82) is 0 Å². The van der Waals surface area contributed by atoms with Crippen molar-refractivity contribution in [3.05, 3.63) is 52.8 Å². The molecule has 0 bridgehead atoms. The quantitative estimate of drug-likeness (QED) is 0.416. The van der Waals surface area contributed by atoms with E-state index in [1.54, 1.807) is 39.8 Å². The molecule has 1 heterocycles. The number of rotatable bonds is 7. The summed E-state index contributed by atoms with van der Waals surface area (Å²) in [6.45, 7) is 6.97. The van der Waals surface area contributed by atoms with E-state index in [9.17, 15) is 14.7 Å². The summed E-state index contributed by atoms with van der Waals surface area (Å²) in [5, 5.41) is 10.2. The van der Waals surface area contributed by atoms with Gasteiger partial charge in [0.1, 0.15) is 6.23 Å². The topological polar surface area (TPSA) is 98.1 Å². The summed E-state index contributed by atoms with van der Waals surface area (Å²) in [7, 11) is 0. The van der Waals surface area contributed by atoms with Crippen molar-refractivity contribution < 1.29 is 24.2 Å². The molecule has 7 nitrogen and oxygen atoms in total. The molecular formula is C21H23ClN2O5. The van der Waals surface area contributed by atoms with Gasteiger partial charge >= 0.3 is 11.9 Å². The van der Waals surface area contributed by atoms with Crippen LogP contribution in [0.4, 0.5) is 0 Å². The van der Waals surface area contributed by atoms with Gasteiger partial charge in [-0.15, -0.1) is 0 Å². The Labute approximate surface area is 174 Å². The second-order valence-corrected chi connectivity index (χ2v) is 7.40. The van der Waals surface area contributed by atoms with Gasteiger partial charge in [-0.1, -0.05) is 39.3 Å². The Morgan fingerprint density at radius 1 is 1.21 bits per heavy atom. The summed E-state index contributed by atoms with van der Waals surface area (Å²) in [5.74, 6) is -1.79. The molecule has 8 heteroatoms. The number of aliphatic hydroxyl groups is 1. The Morgan fingerprint density at radius 2 is 1.93 bits per heavy atom. The first-order valence-electron chi connectivity index (χ1n) is 9.07. The third-order valence-corrected chi connectivity index (χ3v) is 4.00. The molecule has 0 fully saturated rings. The Morgan fingerprint density at radius 3 is 2.52 bits per heavy atom. The van der Waals surface area contributed by atoms with Gasteiger partial charge < -0.3 is 14.6 Å². The second kappa shape index (κ2) is 10.1. The molecule has 1 atom stereocenters. The first-order chi connectivity index (χ1) is 13.7. The highest BCUT2D eigenvalue weighted by molar-refractivity contribution is 6.31. The van der Waals surface area contributed by atoms with Gasteiger partial charge in [0.2, 0.25) is 0 Å². The van der Waals surface area contributed by atoms with Gasteiger partial charge in [0.05, 0.1) is 11.5 Å². The van der Waals surface area contributed by atoms with Gasteiger partial charge in [-0.25, -0.2) is 4.79 Å². The first-order valence-corrected chi connectivity index (χ1v) is 9.45. The van der Waals surface area contributed by atoms with E-state index in [0.29, 0.717) is 5.56 Å². The van der Waals surface area contributed by atoms with E-state index in [1.807, 2.05) is 0 Å². The van der Waals surface area contributed by atoms with E-state index >= 15 is 0 Å². The number of carbonyl (C=O) groups excluding carboxylic acids is 2.